The lowest BCUT2D eigenvalue weighted by Crippen LogP contribution is -2.19. The van der Waals surface area contributed by atoms with Crippen molar-refractivity contribution < 1.29 is 9.53 Å². The van der Waals surface area contributed by atoms with Crippen molar-refractivity contribution in [3.05, 3.63) is 63.0 Å². The summed E-state index contributed by atoms with van der Waals surface area (Å²) in [5.74, 6) is 0.653. The van der Waals surface area contributed by atoms with E-state index < -0.39 is 0 Å². The van der Waals surface area contributed by atoms with E-state index in [1.165, 1.54) is 17.3 Å². The van der Waals surface area contributed by atoms with Crippen molar-refractivity contribution in [2.45, 2.75) is 20.3 Å². The molecule has 0 radical (unpaired) electrons. The van der Waals surface area contributed by atoms with Crippen LogP contribution in [0.4, 0.5) is 5.69 Å². The highest BCUT2D eigenvalue weighted by Crippen LogP contribution is 2.31. The van der Waals surface area contributed by atoms with E-state index in [1.54, 1.807) is 0 Å². The Morgan fingerprint density at radius 2 is 1.96 bits per heavy atom. The Balaban J connectivity index is 1.77. The van der Waals surface area contributed by atoms with E-state index in [1.807, 2.05) is 43.3 Å². The number of aryl methyl sites for hydroxylation is 1. The predicted molar refractivity (Wildman–Crippen MR) is 112 cm³/mol. The summed E-state index contributed by atoms with van der Waals surface area (Å²) in [6, 6.07) is 13.8. The second-order valence-corrected chi connectivity index (χ2v) is 7.51. The second-order valence-electron chi connectivity index (χ2n) is 5.62. The van der Waals surface area contributed by atoms with Crippen molar-refractivity contribution >= 4 is 50.5 Å². The van der Waals surface area contributed by atoms with Crippen molar-refractivity contribution in [2.75, 3.05) is 6.61 Å². The monoisotopic (exact) mass is 430 g/mol. The summed E-state index contributed by atoms with van der Waals surface area (Å²) in [5, 5.41) is 3.41. The average Bonchev–Trinajstić information content (AvgIpc) is 2.97. The maximum atomic E-state index is 12.2. The Hall–Kier alpha value is -2.05. The van der Waals surface area contributed by atoms with Gasteiger partial charge in [-0.05, 0) is 82.5 Å². The number of aliphatic imine (C=N–C) groups is 1. The van der Waals surface area contributed by atoms with Gasteiger partial charge in [-0.25, -0.2) is 4.99 Å². The van der Waals surface area contributed by atoms with Gasteiger partial charge >= 0.3 is 0 Å². The lowest BCUT2D eigenvalue weighted by atomic mass is 10.2. The minimum absolute atomic E-state index is 0.135. The first-order valence-corrected chi connectivity index (χ1v) is 10.0. The first kappa shape index (κ1) is 18.7. The van der Waals surface area contributed by atoms with E-state index in [-0.39, 0.29) is 5.91 Å². The maximum absolute atomic E-state index is 12.2. The number of nitrogens with zero attached hydrogens (tertiary/aromatic N) is 1. The number of ether oxygens (including phenoxy) is 1. The summed E-state index contributed by atoms with van der Waals surface area (Å²) in [4.78, 5) is 17.3. The summed E-state index contributed by atoms with van der Waals surface area (Å²) in [5.41, 5.74) is 3.01. The van der Waals surface area contributed by atoms with Gasteiger partial charge in [-0.15, -0.1) is 0 Å². The molecular formula is C20H19BrN2O2S. The molecule has 1 aliphatic rings. The third-order valence-corrected chi connectivity index (χ3v) is 5.31. The number of nitrogens with one attached hydrogen (secondary N) is 1. The summed E-state index contributed by atoms with van der Waals surface area (Å²) < 4.78 is 6.37. The second kappa shape index (κ2) is 8.56. The van der Waals surface area contributed by atoms with Crippen LogP contribution in [0.3, 0.4) is 0 Å². The Kier molecular flexibility index (Phi) is 6.16. The van der Waals surface area contributed by atoms with Crippen LogP contribution in [0.1, 0.15) is 25.0 Å². The number of hydrogen-bond donors (Lipinski definition) is 1. The van der Waals surface area contributed by atoms with Crippen LogP contribution < -0.4 is 10.1 Å². The highest BCUT2D eigenvalue weighted by atomic mass is 79.9. The van der Waals surface area contributed by atoms with Gasteiger partial charge in [-0.2, -0.15) is 0 Å². The van der Waals surface area contributed by atoms with Gasteiger partial charge in [-0.1, -0.05) is 25.1 Å². The molecule has 2 aromatic rings. The van der Waals surface area contributed by atoms with E-state index in [0.29, 0.717) is 16.7 Å². The van der Waals surface area contributed by atoms with Gasteiger partial charge in [-0.3, -0.25) is 4.79 Å². The Bertz CT molecular complexity index is 876. The highest BCUT2D eigenvalue weighted by molar-refractivity contribution is 9.10. The highest BCUT2D eigenvalue weighted by Gasteiger charge is 2.23. The first-order chi connectivity index (χ1) is 12.6. The normalized spacial score (nSPS) is 17.0. The van der Waals surface area contributed by atoms with E-state index >= 15 is 0 Å². The molecule has 1 aliphatic heterocycles. The molecule has 3 rings (SSSR count). The summed E-state index contributed by atoms with van der Waals surface area (Å²) in [6.45, 7) is 4.67. The van der Waals surface area contributed by atoms with Crippen molar-refractivity contribution in [1.29, 1.82) is 0 Å². The lowest BCUT2D eigenvalue weighted by Gasteiger charge is -2.06. The molecule has 4 nitrogen and oxygen atoms in total. The van der Waals surface area contributed by atoms with Crippen LogP contribution in [0.2, 0.25) is 0 Å². The predicted octanol–water partition coefficient (Wildman–Crippen LogP) is 5.30. The smallest absolute Gasteiger partial charge is 0.264 e. The van der Waals surface area contributed by atoms with Crippen molar-refractivity contribution in [2.24, 2.45) is 4.99 Å². The molecule has 1 saturated heterocycles. The fourth-order valence-electron chi connectivity index (χ4n) is 2.43. The molecule has 0 atom stereocenters. The molecule has 2 aromatic carbocycles. The maximum Gasteiger partial charge on any atom is 0.264 e. The molecule has 6 heteroatoms. The molecule has 1 amide bonds. The molecule has 1 N–H and O–H groups in total. The molecule has 0 aromatic heterocycles. The Morgan fingerprint density at radius 1 is 1.19 bits per heavy atom. The topological polar surface area (TPSA) is 50.7 Å². The zero-order valence-electron chi connectivity index (χ0n) is 14.6. The van der Waals surface area contributed by atoms with Crippen molar-refractivity contribution in [3.63, 3.8) is 0 Å². The van der Waals surface area contributed by atoms with Crippen molar-refractivity contribution in [1.82, 2.24) is 5.32 Å². The third-order valence-electron chi connectivity index (χ3n) is 3.78. The van der Waals surface area contributed by atoms with E-state index in [4.69, 9.17) is 4.74 Å². The number of carbonyl (C=O) groups excluding carboxylic acids is 1. The van der Waals surface area contributed by atoms with Gasteiger partial charge in [0.2, 0.25) is 0 Å². The number of carbonyl (C=O) groups is 1. The van der Waals surface area contributed by atoms with Gasteiger partial charge in [0.15, 0.2) is 5.17 Å². The van der Waals surface area contributed by atoms with Crippen LogP contribution >= 0.6 is 27.7 Å². The van der Waals surface area contributed by atoms with Crippen molar-refractivity contribution in [3.8, 4) is 5.75 Å². The molecule has 0 spiro atoms. The number of halogens is 1. The number of thioether (sulfide) groups is 1. The van der Waals surface area contributed by atoms with E-state index in [0.717, 1.165) is 27.9 Å². The molecular weight excluding hydrogens is 412 g/mol. The van der Waals surface area contributed by atoms with Gasteiger partial charge in [0.25, 0.3) is 5.91 Å². The molecule has 134 valence electrons. The first-order valence-electron chi connectivity index (χ1n) is 8.40. The van der Waals surface area contributed by atoms with E-state index in [9.17, 15) is 4.79 Å². The number of hydrogen-bond acceptors (Lipinski definition) is 4. The minimum atomic E-state index is -0.135. The summed E-state index contributed by atoms with van der Waals surface area (Å²) >= 11 is 4.84. The van der Waals surface area contributed by atoms with Gasteiger partial charge < -0.3 is 10.1 Å². The fraction of sp³-hybridized carbons (Fsp3) is 0.200. The molecule has 1 fully saturated rings. The number of benzene rings is 2. The zero-order valence-corrected chi connectivity index (χ0v) is 17.0. The fourth-order valence-corrected chi connectivity index (χ4v) is 3.79. The SMILES string of the molecule is CCOc1ccc(/C=C2\SC(=Nc3ccc(CC)cc3)NC2=O)cc1Br. The number of amides is 1. The summed E-state index contributed by atoms with van der Waals surface area (Å²) in [6.07, 6.45) is 2.84. The summed E-state index contributed by atoms with van der Waals surface area (Å²) in [7, 11) is 0. The van der Waals surface area contributed by atoms with E-state index in [2.05, 4.69) is 45.3 Å². The van der Waals surface area contributed by atoms with Crippen LogP contribution in [0.5, 0.6) is 5.75 Å². The molecule has 26 heavy (non-hydrogen) atoms. The van der Waals surface area contributed by atoms with Gasteiger partial charge in [0.05, 0.1) is 21.7 Å². The van der Waals surface area contributed by atoms with Crippen LogP contribution in [0, 0.1) is 0 Å². The van der Waals surface area contributed by atoms with Crippen LogP contribution in [-0.2, 0) is 11.2 Å². The molecule has 0 bridgehead atoms. The van der Waals surface area contributed by atoms with Crippen LogP contribution in [0.15, 0.2) is 56.8 Å². The lowest BCUT2D eigenvalue weighted by molar-refractivity contribution is -0.115. The van der Waals surface area contributed by atoms with Gasteiger partial charge in [0, 0.05) is 0 Å². The Labute approximate surface area is 165 Å². The zero-order chi connectivity index (χ0) is 18.5. The minimum Gasteiger partial charge on any atom is -0.493 e. The average molecular weight is 431 g/mol. The number of amidine groups is 1. The Morgan fingerprint density at radius 3 is 2.62 bits per heavy atom. The van der Waals surface area contributed by atoms with Crippen LogP contribution in [0.25, 0.3) is 6.08 Å². The third kappa shape index (κ3) is 4.56. The number of rotatable bonds is 5. The standard InChI is InChI=1S/C20H19BrN2O2S/c1-3-13-5-8-15(9-6-13)22-20-23-19(24)18(26-20)12-14-7-10-17(25-4-2)16(21)11-14/h5-12H,3-4H2,1-2H3,(H,22,23,24)/b18-12-. The largest absolute Gasteiger partial charge is 0.493 e. The van der Waals surface area contributed by atoms with Gasteiger partial charge in [0.1, 0.15) is 5.75 Å². The van der Waals surface area contributed by atoms with Crippen LogP contribution in [-0.4, -0.2) is 17.7 Å². The molecule has 0 aliphatic carbocycles. The quantitative estimate of drug-likeness (QED) is 0.654. The molecule has 0 unspecified atom stereocenters. The molecule has 0 saturated carbocycles. The molecule has 1 heterocycles.